The maximum absolute atomic E-state index is 12.1. The predicted molar refractivity (Wildman–Crippen MR) is 108 cm³/mol. The summed E-state index contributed by atoms with van der Waals surface area (Å²) in [5, 5.41) is 6.96. The summed E-state index contributed by atoms with van der Waals surface area (Å²) in [6.07, 6.45) is 4.18. The normalized spacial score (nSPS) is 34.0. The third-order valence-corrected chi connectivity index (χ3v) is 6.64. The maximum atomic E-state index is 12.1. The zero-order chi connectivity index (χ0) is 20.8. The molecule has 2 saturated carbocycles. The Morgan fingerprint density at radius 1 is 0.714 bits per heavy atom. The molecule has 0 bridgehead atoms. The van der Waals surface area contributed by atoms with Crippen LogP contribution in [0.1, 0.15) is 80.1 Å². The molecule has 0 spiro atoms. The van der Waals surface area contributed by atoms with Gasteiger partial charge in [0.15, 0.2) is 0 Å². The van der Waals surface area contributed by atoms with Crippen molar-refractivity contribution >= 4 is 12.2 Å². The summed E-state index contributed by atoms with van der Waals surface area (Å²) in [5.74, 6) is 2.59. The van der Waals surface area contributed by atoms with Crippen LogP contribution in [0.2, 0.25) is 0 Å². The summed E-state index contributed by atoms with van der Waals surface area (Å²) in [6.45, 7) is 12.9. The Labute approximate surface area is 169 Å². The van der Waals surface area contributed by atoms with E-state index in [1.54, 1.807) is 0 Å². The molecule has 0 aromatic carbocycles. The number of ether oxygens (including phenoxy) is 2. The Kier molecular flexibility index (Phi) is 8.44. The van der Waals surface area contributed by atoms with E-state index in [1.807, 2.05) is 0 Å². The van der Waals surface area contributed by atoms with Gasteiger partial charge in [-0.2, -0.15) is 0 Å². The first kappa shape index (κ1) is 22.8. The van der Waals surface area contributed by atoms with Gasteiger partial charge in [-0.15, -0.1) is 0 Å². The molecule has 0 aliphatic heterocycles. The molecule has 0 heterocycles. The van der Waals surface area contributed by atoms with Crippen LogP contribution in [0.4, 0.5) is 9.59 Å². The molecule has 6 nitrogen and oxygen atoms in total. The second kappa shape index (κ2) is 10.4. The summed E-state index contributed by atoms with van der Waals surface area (Å²) >= 11 is 0. The number of amides is 2. The Balaban J connectivity index is 1.89. The van der Waals surface area contributed by atoms with Crippen LogP contribution >= 0.6 is 0 Å². The highest BCUT2D eigenvalue weighted by atomic mass is 16.6. The van der Waals surface area contributed by atoms with Crippen molar-refractivity contribution in [2.75, 3.05) is 0 Å². The highest BCUT2D eigenvalue weighted by Crippen LogP contribution is 2.36. The van der Waals surface area contributed by atoms with E-state index in [-0.39, 0.29) is 12.2 Å². The number of hydrogen-bond acceptors (Lipinski definition) is 4. The van der Waals surface area contributed by atoms with Gasteiger partial charge in [0.05, 0.1) is 0 Å². The van der Waals surface area contributed by atoms with Crippen LogP contribution in [0.3, 0.4) is 0 Å². The molecule has 0 saturated heterocycles. The molecule has 6 heteroatoms. The van der Waals surface area contributed by atoms with Gasteiger partial charge in [0.2, 0.25) is 0 Å². The number of carbonyl (C=O) groups excluding carboxylic acids is 2. The van der Waals surface area contributed by atoms with E-state index in [1.165, 1.54) is 0 Å². The molecule has 2 aliphatic carbocycles. The quantitative estimate of drug-likeness (QED) is 0.501. The highest BCUT2D eigenvalue weighted by Gasteiger charge is 2.35. The minimum atomic E-state index is -0.792. The largest absolute Gasteiger partial charge is 0.452 e. The minimum Gasteiger partial charge on any atom is -0.443 e. The number of nitrogens with zero attached hydrogens (tertiary/aromatic N) is 2. The SMILES string of the molecule is CC(C)[C@H]1CC[C@@H](C)C[C@H]1OC(=O)N=NC(=O)O[C@@H]1C[C@@H](C)CC[C@H]1C(C)C. The maximum Gasteiger partial charge on any atom is 0.452 e. The fourth-order valence-electron chi connectivity index (χ4n) is 4.89. The summed E-state index contributed by atoms with van der Waals surface area (Å²) in [7, 11) is 0. The zero-order valence-electron chi connectivity index (χ0n) is 18.4. The Morgan fingerprint density at radius 3 is 1.39 bits per heavy atom. The third-order valence-electron chi connectivity index (χ3n) is 6.64. The van der Waals surface area contributed by atoms with Crippen molar-refractivity contribution < 1.29 is 19.1 Å². The molecule has 0 aromatic rings. The lowest BCUT2D eigenvalue weighted by molar-refractivity contribution is 0.00559. The summed E-state index contributed by atoms with van der Waals surface area (Å²) in [6, 6.07) is 0. The van der Waals surface area contributed by atoms with Crippen LogP contribution in [0.25, 0.3) is 0 Å². The van der Waals surface area contributed by atoms with E-state index in [9.17, 15) is 9.59 Å². The molecule has 2 rings (SSSR count). The molecule has 2 amide bonds. The van der Waals surface area contributed by atoms with Crippen LogP contribution in [-0.2, 0) is 9.47 Å². The van der Waals surface area contributed by atoms with E-state index >= 15 is 0 Å². The smallest absolute Gasteiger partial charge is 0.443 e. The predicted octanol–water partition coefficient (Wildman–Crippen LogP) is 6.63. The summed E-state index contributed by atoms with van der Waals surface area (Å²) < 4.78 is 11.1. The van der Waals surface area contributed by atoms with Gasteiger partial charge in [0.1, 0.15) is 12.2 Å². The fraction of sp³-hybridized carbons (Fsp3) is 0.909. The van der Waals surface area contributed by atoms with Crippen molar-refractivity contribution in [3.63, 3.8) is 0 Å². The van der Waals surface area contributed by atoms with Gasteiger partial charge in [0.25, 0.3) is 0 Å². The zero-order valence-corrected chi connectivity index (χ0v) is 18.4. The van der Waals surface area contributed by atoms with Crippen molar-refractivity contribution in [3.8, 4) is 0 Å². The molecular weight excluding hydrogens is 356 g/mol. The Morgan fingerprint density at radius 2 is 1.07 bits per heavy atom. The van der Waals surface area contributed by atoms with E-state index in [0.29, 0.717) is 35.5 Å². The molecule has 28 heavy (non-hydrogen) atoms. The Hall–Kier alpha value is -1.46. The lowest BCUT2D eigenvalue weighted by Gasteiger charge is -2.36. The van der Waals surface area contributed by atoms with Crippen LogP contribution in [-0.4, -0.2) is 24.4 Å². The minimum absolute atomic E-state index is 0.157. The molecule has 2 aliphatic rings. The van der Waals surface area contributed by atoms with Gasteiger partial charge >= 0.3 is 12.2 Å². The molecule has 0 unspecified atom stereocenters. The van der Waals surface area contributed by atoms with Crippen molar-refractivity contribution in [3.05, 3.63) is 0 Å². The Bertz CT molecular complexity index is 513. The van der Waals surface area contributed by atoms with Crippen molar-refractivity contribution in [1.82, 2.24) is 0 Å². The standard InChI is InChI=1S/C22H38N2O4/c1-13(2)17-9-7-15(5)11-19(17)27-21(25)23-24-22(26)28-20-12-16(6)8-10-18(20)14(3)4/h13-20H,7-12H2,1-6H3/t15-,16+,17-,18+,19-,20-/m1/s1. The molecule has 0 radical (unpaired) electrons. The molecule has 2 fully saturated rings. The van der Waals surface area contributed by atoms with Gasteiger partial charge in [-0.05, 0) is 61.2 Å². The molecule has 0 aromatic heterocycles. The third kappa shape index (κ3) is 6.56. The van der Waals surface area contributed by atoms with Crippen LogP contribution in [0.5, 0.6) is 0 Å². The molecule has 0 N–H and O–H groups in total. The van der Waals surface area contributed by atoms with Crippen LogP contribution < -0.4 is 0 Å². The number of hydrogen-bond donors (Lipinski definition) is 0. The first-order valence-electron chi connectivity index (χ1n) is 11.0. The first-order chi connectivity index (χ1) is 13.2. The van der Waals surface area contributed by atoms with Crippen LogP contribution in [0.15, 0.2) is 10.2 Å². The van der Waals surface area contributed by atoms with E-state index in [4.69, 9.17) is 9.47 Å². The van der Waals surface area contributed by atoms with E-state index in [0.717, 1.165) is 38.5 Å². The van der Waals surface area contributed by atoms with Crippen molar-refractivity contribution in [1.29, 1.82) is 0 Å². The van der Waals surface area contributed by atoms with Crippen molar-refractivity contribution in [2.45, 2.75) is 92.3 Å². The first-order valence-corrected chi connectivity index (χ1v) is 11.0. The van der Waals surface area contributed by atoms with Gasteiger partial charge in [-0.1, -0.05) is 64.6 Å². The number of rotatable bonds is 4. The summed E-state index contributed by atoms with van der Waals surface area (Å²) in [5.41, 5.74) is 0. The van der Waals surface area contributed by atoms with Gasteiger partial charge in [-0.25, -0.2) is 9.59 Å². The average molecular weight is 395 g/mol. The number of azo groups is 1. The van der Waals surface area contributed by atoms with Crippen LogP contribution in [0, 0.1) is 35.5 Å². The lowest BCUT2D eigenvalue weighted by atomic mass is 9.75. The highest BCUT2D eigenvalue weighted by molar-refractivity contribution is 5.73. The van der Waals surface area contributed by atoms with Gasteiger partial charge < -0.3 is 9.47 Å². The second-order valence-corrected chi connectivity index (χ2v) is 9.70. The molecule has 160 valence electrons. The number of carbonyl (C=O) groups is 2. The molecular formula is C22H38N2O4. The van der Waals surface area contributed by atoms with Crippen molar-refractivity contribution in [2.24, 2.45) is 45.7 Å². The second-order valence-electron chi connectivity index (χ2n) is 9.70. The van der Waals surface area contributed by atoms with E-state index in [2.05, 4.69) is 51.8 Å². The lowest BCUT2D eigenvalue weighted by Crippen LogP contribution is -2.35. The monoisotopic (exact) mass is 394 g/mol. The molecule has 6 atom stereocenters. The van der Waals surface area contributed by atoms with Gasteiger partial charge in [0, 0.05) is 0 Å². The van der Waals surface area contributed by atoms with E-state index < -0.39 is 12.2 Å². The van der Waals surface area contributed by atoms with Gasteiger partial charge in [-0.3, -0.25) is 0 Å². The summed E-state index contributed by atoms with van der Waals surface area (Å²) in [4.78, 5) is 24.2. The average Bonchev–Trinajstić information content (AvgIpc) is 2.59. The fourth-order valence-corrected chi connectivity index (χ4v) is 4.89. The topological polar surface area (TPSA) is 77.3 Å².